The van der Waals surface area contributed by atoms with Crippen LogP contribution in [0.4, 0.5) is 0 Å². The minimum Gasteiger partial charge on any atom is -0.484 e. The molecular formula is C19H27N3O4. The van der Waals surface area contributed by atoms with E-state index in [1.807, 2.05) is 32.0 Å². The summed E-state index contributed by atoms with van der Waals surface area (Å²) in [5.41, 5.74) is 2.28. The van der Waals surface area contributed by atoms with E-state index in [4.69, 9.17) is 4.74 Å². The van der Waals surface area contributed by atoms with Crippen LogP contribution in [-0.2, 0) is 14.4 Å². The van der Waals surface area contributed by atoms with Crippen LogP contribution < -0.4 is 10.1 Å². The predicted molar refractivity (Wildman–Crippen MR) is 97.9 cm³/mol. The van der Waals surface area contributed by atoms with Crippen molar-refractivity contribution >= 4 is 17.7 Å². The molecule has 1 fully saturated rings. The Labute approximate surface area is 154 Å². The molecule has 0 atom stereocenters. The Balaban J connectivity index is 1.64. The molecule has 26 heavy (non-hydrogen) atoms. The van der Waals surface area contributed by atoms with Gasteiger partial charge in [-0.2, -0.15) is 0 Å². The van der Waals surface area contributed by atoms with E-state index in [2.05, 4.69) is 5.32 Å². The number of ether oxygens (including phenoxy) is 1. The van der Waals surface area contributed by atoms with Gasteiger partial charge in [0.15, 0.2) is 6.61 Å². The number of benzene rings is 1. The van der Waals surface area contributed by atoms with Gasteiger partial charge in [0, 0.05) is 46.1 Å². The number of piperazine rings is 1. The lowest BCUT2D eigenvalue weighted by Gasteiger charge is -2.34. The van der Waals surface area contributed by atoms with Crippen LogP contribution in [-0.4, -0.2) is 66.9 Å². The fraction of sp³-hybridized carbons (Fsp3) is 0.526. The minimum atomic E-state index is -0.252. The number of carbonyl (C=O) groups excluding carboxylic acids is 3. The first-order valence-corrected chi connectivity index (χ1v) is 8.87. The number of amides is 3. The summed E-state index contributed by atoms with van der Waals surface area (Å²) in [6.07, 6.45) is 0.245. The van der Waals surface area contributed by atoms with Gasteiger partial charge >= 0.3 is 0 Å². The topological polar surface area (TPSA) is 79.0 Å². The number of hydrogen-bond acceptors (Lipinski definition) is 4. The van der Waals surface area contributed by atoms with E-state index >= 15 is 0 Å². The number of nitrogens with one attached hydrogen (secondary N) is 1. The first-order valence-electron chi connectivity index (χ1n) is 8.87. The van der Waals surface area contributed by atoms with Crippen molar-refractivity contribution in [2.75, 3.05) is 39.3 Å². The Hall–Kier alpha value is -2.57. The van der Waals surface area contributed by atoms with E-state index in [0.29, 0.717) is 31.9 Å². The Morgan fingerprint density at radius 3 is 2.31 bits per heavy atom. The van der Waals surface area contributed by atoms with E-state index in [1.165, 1.54) is 12.5 Å². The van der Waals surface area contributed by atoms with Gasteiger partial charge in [-0.15, -0.1) is 0 Å². The molecule has 142 valence electrons. The molecule has 0 unspecified atom stereocenters. The van der Waals surface area contributed by atoms with Crippen LogP contribution in [0.3, 0.4) is 0 Å². The van der Waals surface area contributed by atoms with Crippen molar-refractivity contribution in [3.63, 3.8) is 0 Å². The van der Waals surface area contributed by atoms with Gasteiger partial charge in [0.2, 0.25) is 11.8 Å². The number of hydrogen-bond donors (Lipinski definition) is 1. The van der Waals surface area contributed by atoms with Crippen molar-refractivity contribution in [1.82, 2.24) is 15.1 Å². The second kappa shape index (κ2) is 9.22. The van der Waals surface area contributed by atoms with Crippen LogP contribution in [0.15, 0.2) is 18.2 Å². The maximum atomic E-state index is 12.1. The van der Waals surface area contributed by atoms with Crippen LogP contribution >= 0.6 is 0 Å². The first kappa shape index (κ1) is 19.8. The highest BCUT2D eigenvalue weighted by Gasteiger charge is 2.21. The van der Waals surface area contributed by atoms with Gasteiger partial charge in [-0.25, -0.2) is 0 Å². The van der Waals surface area contributed by atoms with E-state index < -0.39 is 0 Å². The number of aryl methyl sites for hydroxylation is 2. The van der Waals surface area contributed by atoms with Crippen LogP contribution in [0.5, 0.6) is 5.75 Å². The molecule has 3 amide bonds. The Bertz CT molecular complexity index is 667. The lowest BCUT2D eigenvalue weighted by molar-refractivity contribution is -0.138. The molecule has 2 rings (SSSR count). The van der Waals surface area contributed by atoms with Crippen LogP contribution in [0.2, 0.25) is 0 Å². The quantitative estimate of drug-likeness (QED) is 0.816. The summed E-state index contributed by atoms with van der Waals surface area (Å²) in [5.74, 6) is 0.428. The molecule has 7 nitrogen and oxygen atoms in total. The molecule has 1 saturated heterocycles. The molecule has 1 N–H and O–H groups in total. The van der Waals surface area contributed by atoms with Crippen molar-refractivity contribution in [3.05, 3.63) is 29.3 Å². The van der Waals surface area contributed by atoms with E-state index in [1.54, 1.807) is 9.80 Å². The second-order valence-corrected chi connectivity index (χ2v) is 6.52. The molecule has 1 aromatic rings. The summed E-state index contributed by atoms with van der Waals surface area (Å²) in [6.45, 7) is 7.97. The van der Waals surface area contributed by atoms with Gasteiger partial charge in [-0.05, 0) is 37.1 Å². The van der Waals surface area contributed by atoms with Crippen molar-refractivity contribution in [2.24, 2.45) is 0 Å². The van der Waals surface area contributed by atoms with Gasteiger partial charge in [0.05, 0.1) is 0 Å². The van der Waals surface area contributed by atoms with Crippen LogP contribution in [0, 0.1) is 13.8 Å². The maximum Gasteiger partial charge on any atom is 0.257 e. The normalized spacial score (nSPS) is 14.1. The lowest BCUT2D eigenvalue weighted by Crippen LogP contribution is -2.50. The van der Waals surface area contributed by atoms with Crippen molar-refractivity contribution in [1.29, 1.82) is 0 Å². The van der Waals surface area contributed by atoms with Crippen molar-refractivity contribution < 1.29 is 19.1 Å². The molecule has 0 radical (unpaired) electrons. The molecule has 0 spiro atoms. The van der Waals surface area contributed by atoms with E-state index in [-0.39, 0.29) is 37.3 Å². The van der Waals surface area contributed by atoms with Gasteiger partial charge < -0.3 is 19.9 Å². The maximum absolute atomic E-state index is 12.1. The highest BCUT2D eigenvalue weighted by molar-refractivity contribution is 5.80. The summed E-state index contributed by atoms with van der Waals surface area (Å²) in [7, 11) is 0. The Morgan fingerprint density at radius 1 is 1.04 bits per heavy atom. The minimum absolute atomic E-state index is 0.0106. The predicted octanol–water partition coefficient (Wildman–Crippen LogP) is 0.879. The third kappa shape index (κ3) is 5.75. The fourth-order valence-corrected chi connectivity index (χ4v) is 2.74. The van der Waals surface area contributed by atoms with Crippen molar-refractivity contribution in [3.8, 4) is 5.75 Å². The summed E-state index contributed by atoms with van der Waals surface area (Å²) in [5, 5.41) is 2.70. The molecule has 0 bridgehead atoms. The van der Waals surface area contributed by atoms with E-state index in [9.17, 15) is 14.4 Å². The highest BCUT2D eigenvalue weighted by atomic mass is 16.5. The molecule has 0 saturated carbocycles. The summed E-state index contributed by atoms with van der Waals surface area (Å²) in [6, 6.07) is 5.68. The number of nitrogens with zero attached hydrogens (tertiary/aromatic N) is 2. The van der Waals surface area contributed by atoms with Crippen LogP contribution in [0.1, 0.15) is 24.5 Å². The summed E-state index contributed by atoms with van der Waals surface area (Å²) < 4.78 is 5.47. The number of rotatable bonds is 6. The zero-order valence-corrected chi connectivity index (χ0v) is 15.7. The van der Waals surface area contributed by atoms with Gasteiger partial charge in [-0.1, -0.05) is 6.07 Å². The summed E-state index contributed by atoms with van der Waals surface area (Å²) in [4.78, 5) is 38.7. The highest BCUT2D eigenvalue weighted by Crippen LogP contribution is 2.16. The van der Waals surface area contributed by atoms with E-state index in [0.717, 1.165) is 5.56 Å². The molecule has 0 aliphatic carbocycles. The average molecular weight is 361 g/mol. The largest absolute Gasteiger partial charge is 0.484 e. The van der Waals surface area contributed by atoms with Crippen molar-refractivity contribution in [2.45, 2.75) is 27.2 Å². The smallest absolute Gasteiger partial charge is 0.257 e. The average Bonchev–Trinajstić information content (AvgIpc) is 2.62. The van der Waals surface area contributed by atoms with Gasteiger partial charge in [-0.3, -0.25) is 14.4 Å². The zero-order chi connectivity index (χ0) is 19.1. The Kier molecular flexibility index (Phi) is 7.00. The van der Waals surface area contributed by atoms with Gasteiger partial charge in [0.25, 0.3) is 5.91 Å². The first-order chi connectivity index (χ1) is 12.4. The zero-order valence-electron chi connectivity index (χ0n) is 15.7. The molecular weight excluding hydrogens is 334 g/mol. The summed E-state index contributed by atoms with van der Waals surface area (Å²) >= 11 is 0. The molecule has 1 aliphatic heterocycles. The van der Waals surface area contributed by atoms with Gasteiger partial charge in [0.1, 0.15) is 5.75 Å². The number of carbonyl (C=O) groups is 3. The monoisotopic (exact) mass is 361 g/mol. The molecule has 1 aromatic carbocycles. The lowest BCUT2D eigenvalue weighted by atomic mass is 10.1. The standard InChI is InChI=1S/C19H27N3O4/c1-14-4-5-17(12-15(14)2)26-13-18(24)20-7-6-19(25)22-10-8-21(9-11-22)16(3)23/h4-5,12H,6-11,13H2,1-3H3,(H,20,24). The SMILES string of the molecule is CC(=O)N1CCN(C(=O)CCNC(=O)COc2ccc(C)c(C)c2)CC1. The fourth-order valence-electron chi connectivity index (χ4n) is 2.74. The van der Waals surface area contributed by atoms with Crippen LogP contribution in [0.25, 0.3) is 0 Å². The third-order valence-electron chi connectivity index (χ3n) is 4.59. The second-order valence-electron chi connectivity index (χ2n) is 6.52. The molecule has 0 aromatic heterocycles. The molecule has 1 heterocycles. The molecule has 7 heteroatoms. The Morgan fingerprint density at radius 2 is 1.69 bits per heavy atom. The molecule has 1 aliphatic rings. The third-order valence-corrected chi connectivity index (χ3v) is 4.59.